The fourth-order valence-electron chi connectivity index (χ4n) is 1.78. The van der Waals surface area contributed by atoms with Gasteiger partial charge in [-0.05, 0) is 30.5 Å². The van der Waals surface area contributed by atoms with E-state index in [-0.39, 0.29) is 11.7 Å². The molecular weight excluding hydrogens is 326 g/mol. The molecule has 0 unspecified atom stereocenters. The van der Waals surface area contributed by atoms with Crippen LogP contribution in [0, 0.1) is 0 Å². The van der Waals surface area contributed by atoms with Crippen molar-refractivity contribution in [3.63, 3.8) is 0 Å². The molecule has 1 heterocycles. The predicted molar refractivity (Wildman–Crippen MR) is 86.0 cm³/mol. The van der Waals surface area contributed by atoms with Gasteiger partial charge in [0.25, 0.3) is 0 Å². The SMILES string of the molecule is COc1ccc(N(Cc2cnc(SC)nc2Cl)C(=O)O)cc1. The Morgan fingerprint density at radius 1 is 1.41 bits per heavy atom. The summed E-state index contributed by atoms with van der Waals surface area (Å²) < 4.78 is 5.06. The van der Waals surface area contributed by atoms with Crippen LogP contribution in [0.4, 0.5) is 10.5 Å². The lowest BCUT2D eigenvalue weighted by atomic mass is 10.2. The molecule has 0 spiro atoms. The molecule has 1 aromatic heterocycles. The Kier molecular flexibility index (Phi) is 5.46. The minimum atomic E-state index is -1.09. The lowest BCUT2D eigenvalue weighted by Gasteiger charge is -2.20. The van der Waals surface area contributed by atoms with Crippen molar-refractivity contribution >= 4 is 35.1 Å². The monoisotopic (exact) mass is 339 g/mol. The predicted octanol–water partition coefficient (Wildman–Crippen LogP) is 3.55. The van der Waals surface area contributed by atoms with Crippen molar-refractivity contribution in [2.24, 2.45) is 0 Å². The summed E-state index contributed by atoms with van der Waals surface area (Å²) >= 11 is 7.45. The molecule has 22 heavy (non-hydrogen) atoms. The van der Waals surface area contributed by atoms with E-state index in [1.807, 2.05) is 6.26 Å². The molecular formula is C14H14ClN3O3S. The summed E-state index contributed by atoms with van der Waals surface area (Å²) in [5.74, 6) is 0.653. The first kappa shape index (κ1) is 16.4. The number of halogens is 1. The number of hydrogen-bond acceptors (Lipinski definition) is 5. The summed E-state index contributed by atoms with van der Waals surface area (Å²) in [6, 6.07) is 6.72. The van der Waals surface area contributed by atoms with E-state index >= 15 is 0 Å². The lowest BCUT2D eigenvalue weighted by Crippen LogP contribution is -2.28. The van der Waals surface area contributed by atoms with E-state index in [1.54, 1.807) is 37.6 Å². The summed E-state index contributed by atoms with van der Waals surface area (Å²) in [7, 11) is 1.55. The molecule has 0 aliphatic heterocycles. The highest BCUT2D eigenvalue weighted by molar-refractivity contribution is 7.98. The van der Waals surface area contributed by atoms with Crippen LogP contribution in [0.5, 0.6) is 5.75 Å². The number of hydrogen-bond donors (Lipinski definition) is 1. The third-order valence-corrected chi connectivity index (χ3v) is 3.80. The van der Waals surface area contributed by atoms with Crippen LogP contribution in [0.25, 0.3) is 0 Å². The number of anilines is 1. The number of amides is 1. The third kappa shape index (κ3) is 3.80. The van der Waals surface area contributed by atoms with Crippen LogP contribution < -0.4 is 9.64 Å². The fourth-order valence-corrected chi connectivity index (χ4v) is 2.36. The summed E-state index contributed by atoms with van der Waals surface area (Å²) in [6.45, 7) is 0.0646. The van der Waals surface area contributed by atoms with Crippen molar-refractivity contribution in [3.8, 4) is 5.75 Å². The Morgan fingerprint density at radius 2 is 2.09 bits per heavy atom. The minimum Gasteiger partial charge on any atom is -0.497 e. The number of rotatable bonds is 5. The first-order valence-corrected chi connectivity index (χ1v) is 7.85. The maximum Gasteiger partial charge on any atom is 0.412 e. The highest BCUT2D eigenvalue weighted by atomic mass is 35.5. The second-order valence-corrected chi connectivity index (χ2v) is 5.37. The average Bonchev–Trinajstić information content (AvgIpc) is 2.53. The van der Waals surface area contributed by atoms with E-state index in [0.29, 0.717) is 22.2 Å². The van der Waals surface area contributed by atoms with E-state index in [0.717, 1.165) is 0 Å². The molecule has 0 radical (unpaired) electrons. The average molecular weight is 340 g/mol. The molecule has 0 saturated heterocycles. The molecule has 2 rings (SSSR count). The van der Waals surface area contributed by atoms with Crippen molar-refractivity contribution in [3.05, 3.63) is 41.2 Å². The van der Waals surface area contributed by atoms with E-state index in [2.05, 4.69) is 9.97 Å². The number of methoxy groups -OCH3 is 1. The van der Waals surface area contributed by atoms with Crippen LogP contribution in [0.1, 0.15) is 5.56 Å². The molecule has 0 bridgehead atoms. The van der Waals surface area contributed by atoms with Crippen molar-refractivity contribution in [2.45, 2.75) is 11.7 Å². The molecule has 0 atom stereocenters. The molecule has 6 nitrogen and oxygen atoms in total. The first-order valence-electron chi connectivity index (χ1n) is 6.25. The van der Waals surface area contributed by atoms with Crippen molar-refractivity contribution in [1.82, 2.24) is 9.97 Å². The Hall–Kier alpha value is -1.99. The smallest absolute Gasteiger partial charge is 0.412 e. The molecule has 1 aromatic carbocycles. The highest BCUT2D eigenvalue weighted by Gasteiger charge is 2.17. The Balaban J connectivity index is 2.27. The van der Waals surface area contributed by atoms with Gasteiger partial charge in [-0.15, -0.1) is 0 Å². The summed E-state index contributed by atoms with van der Waals surface area (Å²) in [6.07, 6.45) is 2.29. The number of benzene rings is 1. The van der Waals surface area contributed by atoms with Gasteiger partial charge in [-0.25, -0.2) is 14.8 Å². The van der Waals surface area contributed by atoms with E-state index in [1.165, 1.54) is 16.7 Å². The van der Waals surface area contributed by atoms with Gasteiger partial charge in [0.2, 0.25) is 0 Å². The molecule has 0 aliphatic carbocycles. The van der Waals surface area contributed by atoms with Crippen LogP contribution >= 0.6 is 23.4 Å². The second-order valence-electron chi connectivity index (χ2n) is 4.24. The zero-order valence-electron chi connectivity index (χ0n) is 12.0. The molecule has 1 amide bonds. The third-order valence-electron chi connectivity index (χ3n) is 2.92. The minimum absolute atomic E-state index is 0.0646. The van der Waals surface area contributed by atoms with Gasteiger partial charge in [0.1, 0.15) is 10.9 Å². The van der Waals surface area contributed by atoms with Gasteiger partial charge in [-0.2, -0.15) is 0 Å². The van der Waals surface area contributed by atoms with Crippen LogP contribution in [-0.2, 0) is 6.54 Å². The van der Waals surface area contributed by atoms with Crippen LogP contribution in [0.2, 0.25) is 5.15 Å². The van der Waals surface area contributed by atoms with Gasteiger partial charge in [0, 0.05) is 17.4 Å². The summed E-state index contributed by atoms with van der Waals surface area (Å²) in [5.41, 5.74) is 1.05. The number of aromatic nitrogens is 2. The zero-order chi connectivity index (χ0) is 16.1. The maximum atomic E-state index is 11.5. The van der Waals surface area contributed by atoms with E-state index in [4.69, 9.17) is 16.3 Å². The number of carbonyl (C=O) groups is 1. The molecule has 1 N–H and O–H groups in total. The Labute approximate surface area is 137 Å². The van der Waals surface area contributed by atoms with E-state index in [9.17, 15) is 9.90 Å². The molecule has 2 aromatic rings. The second kappa shape index (κ2) is 7.33. The van der Waals surface area contributed by atoms with Gasteiger partial charge >= 0.3 is 6.09 Å². The highest BCUT2D eigenvalue weighted by Crippen LogP contribution is 2.24. The molecule has 8 heteroatoms. The standard InChI is InChI=1S/C14H14ClN3O3S/c1-21-11-5-3-10(4-6-11)18(14(19)20)8-9-7-16-13(22-2)17-12(9)15/h3-7H,8H2,1-2H3,(H,19,20). The van der Waals surface area contributed by atoms with Crippen molar-refractivity contribution < 1.29 is 14.6 Å². The Morgan fingerprint density at radius 3 is 2.59 bits per heavy atom. The van der Waals surface area contributed by atoms with Crippen LogP contribution in [-0.4, -0.2) is 34.5 Å². The summed E-state index contributed by atoms with van der Waals surface area (Å²) in [5, 5.41) is 10.2. The Bertz CT molecular complexity index is 667. The summed E-state index contributed by atoms with van der Waals surface area (Å²) in [4.78, 5) is 20.9. The van der Waals surface area contributed by atoms with Gasteiger partial charge in [-0.3, -0.25) is 4.90 Å². The van der Waals surface area contributed by atoms with Crippen molar-refractivity contribution in [2.75, 3.05) is 18.3 Å². The molecule has 0 saturated carbocycles. The van der Waals surface area contributed by atoms with Gasteiger partial charge in [0.15, 0.2) is 5.16 Å². The van der Waals surface area contributed by atoms with E-state index < -0.39 is 6.09 Å². The number of thioether (sulfide) groups is 1. The molecule has 0 fully saturated rings. The van der Waals surface area contributed by atoms with Crippen molar-refractivity contribution in [1.29, 1.82) is 0 Å². The maximum absolute atomic E-state index is 11.5. The first-order chi connectivity index (χ1) is 10.5. The largest absolute Gasteiger partial charge is 0.497 e. The lowest BCUT2D eigenvalue weighted by molar-refractivity contribution is 0.201. The fraction of sp³-hybridized carbons (Fsp3) is 0.214. The van der Waals surface area contributed by atoms with Gasteiger partial charge in [-0.1, -0.05) is 23.4 Å². The number of ether oxygens (including phenoxy) is 1. The number of nitrogens with zero attached hydrogens (tertiary/aromatic N) is 3. The van der Waals surface area contributed by atoms with Gasteiger partial charge in [0.05, 0.1) is 13.7 Å². The number of carboxylic acid groups (broad SMARTS) is 1. The zero-order valence-corrected chi connectivity index (χ0v) is 13.6. The normalized spacial score (nSPS) is 10.3. The van der Waals surface area contributed by atoms with Crippen LogP contribution in [0.15, 0.2) is 35.6 Å². The topological polar surface area (TPSA) is 75.5 Å². The quantitative estimate of drug-likeness (QED) is 0.510. The molecule has 116 valence electrons. The van der Waals surface area contributed by atoms with Crippen LogP contribution in [0.3, 0.4) is 0 Å². The molecule has 0 aliphatic rings. The van der Waals surface area contributed by atoms with Gasteiger partial charge < -0.3 is 9.84 Å².